The number of phenols is 1. The SMILES string of the molecule is Cc1ccc(C)c(Cc2cc(C)c(O)cc2C)c1. The van der Waals surface area contributed by atoms with E-state index < -0.39 is 0 Å². The topological polar surface area (TPSA) is 20.2 Å². The summed E-state index contributed by atoms with van der Waals surface area (Å²) < 4.78 is 0. The van der Waals surface area contributed by atoms with E-state index in [1.165, 1.54) is 22.3 Å². The number of benzene rings is 2. The van der Waals surface area contributed by atoms with Gasteiger partial charge in [-0.3, -0.25) is 0 Å². The maximum Gasteiger partial charge on any atom is 0.118 e. The van der Waals surface area contributed by atoms with Crippen LogP contribution >= 0.6 is 0 Å². The number of phenolic OH excluding ortho intramolecular Hbond substituents is 1. The van der Waals surface area contributed by atoms with Gasteiger partial charge in [-0.2, -0.15) is 0 Å². The molecule has 1 nitrogen and oxygen atoms in total. The molecule has 0 spiro atoms. The Morgan fingerprint density at radius 2 is 1.44 bits per heavy atom. The van der Waals surface area contributed by atoms with Crippen LogP contribution in [-0.2, 0) is 6.42 Å². The molecule has 0 aliphatic carbocycles. The van der Waals surface area contributed by atoms with Crippen LogP contribution in [0.5, 0.6) is 5.75 Å². The molecule has 0 aliphatic heterocycles. The lowest BCUT2D eigenvalue weighted by molar-refractivity contribution is 0.470. The first-order valence-electron chi connectivity index (χ1n) is 6.32. The van der Waals surface area contributed by atoms with Crippen molar-refractivity contribution in [3.05, 3.63) is 63.7 Å². The Labute approximate surface area is 109 Å². The summed E-state index contributed by atoms with van der Waals surface area (Å²) in [5.41, 5.74) is 7.37. The minimum atomic E-state index is 0.386. The largest absolute Gasteiger partial charge is 0.508 e. The molecule has 0 radical (unpaired) electrons. The second-order valence-electron chi connectivity index (χ2n) is 5.17. The van der Waals surface area contributed by atoms with Crippen LogP contribution < -0.4 is 0 Å². The van der Waals surface area contributed by atoms with Crippen LogP contribution in [0.3, 0.4) is 0 Å². The number of hydrogen-bond acceptors (Lipinski definition) is 1. The molecular formula is C17H20O. The maximum absolute atomic E-state index is 9.69. The molecule has 0 atom stereocenters. The minimum Gasteiger partial charge on any atom is -0.508 e. The second-order valence-corrected chi connectivity index (χ2v) is 5.17. The molecule has 0 fully saturated rings. The summed E-state index contributed by atoms with van der Waals surface area (Å²) in [5.74, 6) is 0.386. The van der Waals surface area contributed by atoms with Crippen molar-refractivity contribution in [3.8, 4) is 5.75 Å². The van der Waals surface area contributed by atoms with Crippen LogP contribution in [0.25, 0.3) is 0 Å². The molecule has 0 aliphatic rings. The van der Waals surface area contributed by atoms with Gasteiger partial charge >= 0.3 is 0 Å². The van der Waals surface area contributed by atoms with Crippen LogP contribution in [0.4, 0.5) is 0 Å². The monoisotopic (exact) mass is 240 g/mol. The summed E-state index contributed by atoms with van der Waals surface area (Å²) in [6.45, 7) is 8.27. The van der Waals surface area contributed by atoms with Crippen LogP contribution in [0.2, 0.25) is 0 Å². The van der Waals surface area contributed by atoms with E-state index in [4.69, 9.17) is 0 Å². The summed E-state index contributed by atoms with van der Waals surface area (Å²) in [5, 5.41) is 9.69. The third kappa shape index (κ3) is 2.56. The Morgan fingerprint density at radius 3 is 2.17 bits per heavy atom. The lowest BCUT2D eigenvalue weighted by Gasteiger charge is -2.11. The molecular weight excluding hydrogens is 220 g/mol. The summed E-state index contributed by atoms with van der Waals surface area (Å²) in [6, 6.07) is 10.5. The number of rotatable bonds is 2. The van der Waals surface area contributed by atoms with Crippen molar-refractivity contribution in [1.29, 1.82) is 0 Å². The average Bonchev–Trinajstić information content (AvgIpc) is 2.30. The molecule has 94 valence electrons. The van der Waals surface area contributed by atoms with E-state index in [0.29, 0.717) is 5.75 Å². The van der Waals surface area contributed by atoms with Crippen molar-refractivity contribution >= 4 is 0 Å². The zero-order valence-electron chi connectivity index (χ0n) is 11.5. The lowest BCUT2D eigenvalue weighted by Crippen LogP contribution is -1.96. The Morgan fingerprint density at radius 1 is 0.778 bits per heavy atom. The van der Waals surface area contributed by atoms with Gasteiger partial charge in [0.05, 0.1) is 0 Å². The molecule has 2 aromatic carbocycles. The van der Waals surface area contributed by atoms with E-state index in [9.17, 15) is 5.11 Å². The fourth-order valence-electron chi connectivity index (χ4n) is 2.25. The fraction of sp³-hybridized carbons (Fsp3) is 0.294. The predicted molar refractivity (Wildman–Crippen MR) is 76.3 cm³/mol. The zero-order valence-corrected chi connectivity index (χ0v) is 11.5. The van der Waals surface area contributed by atoms with E-state index in [2.05, 4.69) is 45.0 Å². The molecule has 0 aromatic heterocycles. The Balaban J connectivity index is 2.40. The Hall–Kier alpha value is -1.76. The lowest BCUT2D eigenvalue weighted by atomic mass is 9.94. The molecule has 1 heteroatoms. The normalized spacial score (nSPS) is 10.7. The second kappa shape index (κ2) is 4.85. The molecule has 0 saturated heterocycles. The molecule has 0 unspecified atom stereocenters. The van der Waals surface area contributed by atoms with Gasteiger partial charge in [-0.1, -0.05) is 29.8 Å². The molecule has 0 heterocycles. The maximum atomic E-state index is 9.69. The smallest absolute Gasteiger partial charge is 0.118 e. The van der Waals surface area contributed by atoms with Crippen molar-refractivity contribution in [2.45, 2.75) is 34.1 Å². The number of aromatic hydroxyl groups is 1. The molecule has 0 amide bonds. The Kier molecular flexibility index (Phi) is 3.42. The van der Waals surface area contributed by atoms with Gasteiger partial charge in [0.1, 0.15) is 5.75 Å². The molecule has 0 bridgehead atoms. The Bertz CT molecular complexity index is 582. The van der Waals surface area contributed by atoms with Crippen LogP contribution in [0.15, 0.2) is 30.3 Å². The van der Waals surface area contributed by atoms with Gasteiger partial charge < -0.3 is 5.11 Å². The van der Waals surface area contributed by atoms with Crippen molar-refractivity contribution in [1.82, 2.24) is 0 Å². The van der Waals surface area contributed by atoms with Crippen molar-refractivity contribution in [2.24, 2.45) is 0 Å². The number of aryl methyl sites for hydroxylation is 4. The van der Waals surface area contributed by atoms with Gasteiger partial charge in [-0.05, 0) is 68.0 Å². The van der Waals surface area contributed by atoms with Gasteiger partial charge in [0.25, 0.3) is 0 Å². The number of hydrogen-bond donors (Lipinski definition) is 1. The van der Waals surface area contributed by atoms with Crippen molar-refractivity contribution in [3.63, 3.8) is 0 Å². The minimum absolute atomic E-state index is 0.386. The highest BCUT2D eigenvalue weighted by atomic mass is 16.3. The highest BCUT2D eigenvalue weighted by Gasteiger charge is 2.06. The van der Waals surface area contributed by atoms with Crippen LogP contribution in [-0.4, -0.2) is 5.11 Å². The first kappa shape index (κ1) is 12.7. The molecule has 1 N–H and O–H groups in total. The van der Waals surface area contributed by atoms with E-state index in [-0.39, 0.29) is 0 Å². The van der Waals surface area contributed by atoms with E-state index in [1.54, 1.807) is 0 Å². The van der Waals surface area contributed by atoms with Gasteiger partial charge in [0.2, 0.25) is 0 Å². The van der Waals surface area contributed by atoms with Crippen molar-refractivity contribution in [2.75, 3.05) is 0 Å². The summed E-state index contributed by atoms with van der Waals surface area (Å²) in [7, 11) is 0. The average molecular weight is 240 g/mol. The summed E-state index contributed by atoms with van der Waals surface area (Å²) in [4.78, 5) is 0. The predicted octanol–water partition coefficient (Wildman–Crippen LogP) is 4.22. The molecule has 2 aromatic rings. The highest BCUT2D eigenvalue weighted by Crippen LogP contribution is 2.24. The standard InChI is InChI=1S/C17H20O/c1-11-5-6-12(2)15(7-11)10-16-8-14(4)17(18)9-13(16)3/h5-9,18H,10H2,1-4H3. The highest BCUT2D eigenvalue weighted by molar-refractivity contribution is 5.44. The van der Waals surface area contributed by atoms with Gasteiger partial charge in [0, 0.05) is 0 Å². The fourth-order valence-corrected chi connectivity index (χ4v) is 2.25. The molecule has 0 saturated carbocycles. The van der Waals surface area contributed by atoms with E-state index in [1.807, 2.05) is 13.0 Å². The van der Waals surface area contributed by atoms with Crippen LogP contribution in [0, 0.1) is 27.7 Å². The molecule has 2 rings (SSSR count). The van der Waals surface area contributed by atoms with Crippen molar-refractivity contribution < 1.29 is 5.11 Å². The first-order chi connectivity index (χ1) is 8.47. The third-order valence-corrected chi connectivity index (χ3v) is 3.54. The third-order valence-electron chi connectivity index (χ3n) is 3.54. The molecule has 18 heavy (non-hydrogen) atoms. The summed E-state index contributed by atoms with van der Waals surface area (Å²) in [6.07, 6.45) is 0.931. The van der Waals surface area contributed by atoms with E-state index >= 15 is 0 Å². The van der Waals surface area contributed by atoms with Gasteiger partial charge in [-0.25, -0.2) is 0 Å². The quantitative estimate of drug-likeness (QED) is 0.833. The summed E-state index contributed by atoms with van der Waals surface area (Å²) >= 11 is 0. The van der Waals surface area contributed by atoms with Crippen LogP contribution in [0.1, 0.15) is 33.4 Å². The van der Waals surface area contributed by atoms with Gasteiger partial charge in [-0.15, -0.1) is 0 Å². The van der Waals surface area contributed by atoms with E-state index in [0.717, 1.165) is 17.5 Å². The first-order valence-corrected chi connectivity index (χ1v) is 6.32. The zero-order chi connectivity index (χ0) is 13.3. The van der Waals surface area contributed by atoms with Gasteiger partial charge in [0.15, 0.2) is 0 Å².